The van der Waals surface area contributed by atoms with Crippen LogP contribution in [0.2, 0.25) is 0 Å². The van der Waals surface area contributed by atoms with Crippen molar-refractivity contribution in [1.29, 1.82) is 0 Å². The fraction of sp³-hybridized carbons (Fsp3) is 0.929. The van der Waals surface area contributed by atoms with E-state index in [-0.39, 0.29) is 23.5 Å². The van der Waals surface area contributed by atoms with E-state index >= 15 is 0 Å². The van der Waals surface area contributed by atoms with Gasteiger partial charge in [-0.3, -0.25) is 4.79 Å². The van der Waals surface area contributed by atoms with Gasteiger partial charge in [0.1, 0.15) is 5.54 Å². The van der Waals surface area contributed by atoms with Crippen LogP contribution in [0.1, 0.15) is 41.0 Å². The monoisotopic (exact) mass is 272 g/mol. The van der Waals surface area contributed by atoms with Crippen LogP contribution in [-0.2, 0) is 14.3 Å². The third-order valence-corrected chi connectivity index (χ3v) is 4.07. The topological polar surface area (TPSA) is 73.6 Å². The van der Waals surface area contributed by atoms with Crippen molar-refractivity contribution in [2.75, 3.05) is 19.8 Å². The molecule has 0 aromatic carbocycles. The summed E-state index contributed by atoms with van der Waals surface area (Å²) in [6, 6.07) is 0. The summed E-state index contributed by atoms with van der Waals surface area (Å²) in [5.41, 5.74) is 5.07. The summed E-state index contributed by atoms with van der Waals surface area (Å²) >= 11 is 0. The van der Waals surface area contributed by atoms with E-state index in [1.54, 1.807) is 0 Å². The molecule has 1 aliphatic rings. The molecule has 1 aliphatic carbocycles. The average molecular weight is 272 g/mol. The third kappa shape index (κ3) is 3.27. The minimum absolute atomic E-state index is 0.0557. The number of hydrogen-bond acceptors (Lipinski definition) is 4. The van der Waals surface area contributed by atoms with Crippen LogP contribution in [0.4, 0.5) is 0 Å². The van der Waals surface area contributed by atoms with Gasteiger partial charge in [0.25, 0.3) is 0 Å². The number of amides is 1. The third-order valence-electron chi connectivity index (χ3n) is 4.07. The van der Waals surface area contributed by atoms with Gasteiger partial charge in [-0.2, -0.15) is 0 Å². The molecule has 1 amide bonds. The van der Waals surface area contributed by atoms with Gasteiger partial charge in [0, 0.05) is 25.0 Å². The molecule has 112 valence electrons. The number of nitrogens with two attached hydrogens (primary N) is 1. The van der Waals surface area contributed by atoms with Crippen LogP contribution in [0.15, 0.2) is 0 Å². The first-order valence-corrected chi connectivity index (χ1v) is 7.06. The van der Waals surface area contributed by atoms with E-state index in [4.69, 9.17) is 15.2 Å². The first kappa shape index (κ1) is 16.4. The van der Waals surface area contributed by atoms with Crippen LogP contribution in [0.5, 0.6) is 0 Å². The lowest BCUT2D eigenvalue weighted by atomic mass is 9.54. The Morgan fingerprint density at radius 3 is 2.58 bits per heavy atom. The second-order valence-corrected chi connectivity index (χ2v) is 6.02. The zero-order valence-electron chi connectivity index (χ0n) is 12.8. The van der Waals surface area contributed by atoms with Crippen LogP contribution in [0, 0.1) is 5.41 Å². The predicted octanol–water partition coefficient (Wildman–Crippen LogP) is 1.06. The van der Waals surface area contributed by atoms with Gasteiger partial charge in [-0.15, -0.1) is 0 Å². The molecule has 0 heterocycles. The molecule has 0 radical (unpaired) electrons. The van der Waals surface area contributed by atoms with Gasteiger partial charge in [-0.05, 0) is 20.8 Å². The molecular formula is C14H28N2O3. The number of rotatable bonds is 7. The molecule has 1 saturated carbocycles. The summed E-state index contributed by atoms with van der Waals surface area (Å²) in [5.74, 6) is -0.110. The summed E-state index contributed by atoms with van der Waals surface area (Å²) < 4.78 is 11.0. The molecule has 0 spiro atoms. The van der Waals surface area contributed by atoms with Crippen molar-refractivity contribution < 1.29 is 14.3 Å². The molecule has 2 unspecified atom stereocenters. The van der Waals surface area contributed by atoms with Crippen LogP contribution in [0.25, 0.3) is 0 Å². The highest BCUT2D eigenvalue weighted by atomic mass is 16.5. The molecule has 0 aliphatic heterocycles. The smallest absolute Gasteiger partial charge is 0.240 e. The van der Waals surface area contributed by atoms with Crippen molar-refractivity contribution >= 4 is 5.91 Å². The second kappa shape index (κ2) is 6.20. The molecule has 0 saturated heterocycles. The fourth-order valence-electron chi connectivity index (χ4n) is 2.44. The van der Waals surface area contributed by atoms with Crippen molar-refractivity contribution in [3.8, 4) is 0 Å². The number of carbonyl (C=O) groups excluding carboxylic acids is 1. The Labute approximate surface area is 116 Å². The molecule has 2 atom stereocenters. The summed E-state index contributed by atoms with van der Waals surface area (Å²) in [4.78, 5) is 12.2. The first-order valence-electron chi connectivity index (χ1n) is 7.06. The molecule has 1 rings (SSSR count). The van der Waals surface area contributed by atoms with Crippen molar-refractivity contribution in [3.63, 3.8) is 0 Å². The Kier molecular flexibility index (Phi) is 5.35. The van der Waals surface area contributed by atoms with E-state index in [9.17, 15) is 4.79 Å². The molecule has 1 fully saturated rings. The Bertz CT molecular complexity index is 318. The highest BCUT2D eigenvalue weighted by molar-refractivity contribution is 5.88. The average Bonchev–Trinajstić information content (AvgIpc) is 2.33. The number of ether oxygens (including phenoxy) is 2. The number of carbonyl (C=O) groups is 1. The standard InChI is InChI=1S/C14H28N2O3/c1-6-18-11-9-14(15,13(11,4)5)12(17)16-7-8-19-10(2)3/h10-11H,6-9,15H2,1-5H3,(H,16,17). The molecule has 5 heteroatoms. The summed E-state index contributed by atoms with van der Waals surface area (Å²) in [6.07, 6.45) is 0.802. The quantitative estimate of drug-likeness (QED) is 0.680. The maximum absolute atomic E-state index is 12.2. The maximum atomic E-state index is 12.2. The van der Waals surface area contributed by atoms with Gasteiger partial charge in [0.2, 0.25) is 5.91 Å². The molecule has 0 bridgehead atoms. The molecule has 3 N–H and O–H groups in total. The van der Waals surface area contributed by atoms with Crippen molar-refractivity contribution in [2.45, 2.75) is 58.8 Å². The zero-order valence-corrected chi connectivity index (χ0v) is 12.8. The second-order valence-electron chi connectivity index (χ2n) is 6.02. The Balaban J connectivity index is 2.44. The van der Waals surface area contributed by atoms with Crippen LogP contribution >= 0.6 is 0 Å². The highest BCUT2D eigenvalue weighted by Crippen LogP contribution is 2.49. The fourth-order valence-corrected chi connectivity index (χ4v) is 2.44. The van der Waals surface area contributed by atoms with Gasteiger partial charge < -0.3 is 20.5 Å². The normalized spacial score (nSPS) is 29.1. The van der Waals surface area contributed by atoms with Crippen LogP contribution in [-0.4, -0.2) is 43.4 Å². The first-order chi connectivity index (χ1) is 8.75. The van der Waals surface area contributed by atoms with E-state index < -0.39 is 5.54 Å². The van der Waals surface area contributed by atoms with Crippen molar-refractivity contribution in [1.82, 2.24) is 5.32 Å². The van der Waals surface area contributed by atoms with Gasteiger partial charge in [0.15, 0.2) is 0 Å². The summed E-state index contributed by atoms with van der Waals surface area (Å²) in [5, 5.41) is 2.85. The Morgan fingerprint density at radius 1 is 1.47 bits per heavy atom. The van der Waals surface area contributed by atoms with Crippen molar-refractivity contribution in [2.24, 2.45) is 11.1 Å². The molecular weight excluding hydrogens is 244 g/mol. The van der Waals surface area contributed by atoms with Crippen LogP contribution < -0.4 is 11.1 Å². The predicted molar refractivity (Wildman–Crippen MR) is 74.8 cm³/mol. The largest absolute Gasteiger partial charge is 0.378 e. The van der Waals surface area contributed by atoms with E-state index in [0.717, 1.165) is 0 Å². The SMILES string of the molecule is CCOC1CC(N)(C(=O)NCCOC(C)C)C1(C)C. The van der Waals surface area contributed by atoms with E-state index in [2.05, 4.69) is 5.32 Å². The Morgan fingerprint density at radius 2 is 2.11 bits per heavy atom. The maximum Gasteiger partial charge on any atom is 0.240 e. The molecule has 0 aromatic rings. The summed E-state index contributed by atoms with van der Waals surface area (Å²) in [6.45, 7) is 11.5. The van der Waals surface area contributed by atoms with Gasteiger partial charge >= 0.3 is 0 Å². The van der Waals surface area contributed by atoms with Crippen molar-refractivity contribution in [3.05, 3.63) is 0 Å². The lowest BCUT2D eigenvalue weighted by Gasteiger charge is -2.57. The molecule has 5 nitrogen and oxygen atoms in total. The van der Waals surface area contributed by atoms with Gasteiger partial charge in [-0.25, -0.2) is 0 Å². The Hall–Kier alpha value is -0.650. The number of nitrogens with one attached hydrogen (secondary N) is 1. The minimum Gasteiger partial charge on any atom is -0.378 e. The lowest BCUT2D eigenvalue weighted by molar-refractivity contribution is -0.170. The van der Waals surface area contributed by atoms with E-state index in [1.165, 1.54) is 0 Å². The molecule has 19 heavy (non-hydrogen) atoms. The number of hydrogen-bond donors (Lipinski definition) is 2. The van der Waals surface area contributed by atoms with Gasteiger partial charge in [-0.1, -0.05) is 13.8 Å². The minimum atomic E-state index is -0.843. The van der Waals surface area contributed by atoms with Crippen LogP contribution in [0.3, 0.4) is 0 Å². The highest BCUT2D eigenvalue weighted by Gasteiger charge is 2.62. The van der Waals surface area contributed by atoms with E-state index in [1.807, 2.05) is 34.6 Å². The summed E-state index contributed by atoms with van der Waals surface area (Å²) in [7, 11) is 0. The zero-order chi connectivity index (χ0) is 14.7. The molecule has 0 aromatic heterocycles. The van der Waals surface area contributed by atoms with Gasteiger partial charge in [0.05, 0.1) is 18.8 Å². The lowest BCUT2D eigenvalue weighted by Crippen LogP contribution is -2.75. The van der Waals surface area contributed by atoms with E-state index in [0.29, 0.717) is 26.2 Å².